The van der Waals surface area contributed by atoms with Crippen molar-refractivity contribution in [2.24, 2.45) is 5.92 Å². The van der Waals surface area contributed by atoms with Crippen molar-refractivity contribution in [1.29, 1.82) is 0 Å². The fraction of sp³-hybridized carbons (Fsp3) is 0.333. The molecule has 22 heavy (non-hydrogen) atoms. The minimum Gasteiger partial charge on any atom is -0.481 e. The molecule has 116 valence electrons. The topological polar surface area (TPSA) is 96.5 Å². The fourth-order valence-electron chi connectivity index (χ4n) is 1.96. The number of carbonyl (C=O) groups excluding carboxylic acids is 1. The number of aromatic nitrogens is 2. The highest BCUT2D eigenvalue weighted by molar-refractivity contribution is 5.94. The Hall–Kier alpha value is -2.70. The first kappa shape index (κ1) is 15.7. The van der Waals surface area contributed by atoms with Crippen LogP contribution in [-0.4, -0.2) is 45.7 Å². The molecule has 1 amide bonds. The number of rotatable bonds is 5. The lowest BCUT2D eigenvalue weighted by molar-refractivity contribution is -0.141. The van der Waals surface area contributed by atoms with Crippen LogP contribution < -0.4 is 0 Å². The van der Waals surface area contributed by atoms with Gasteiger partial charge in [0.1, 0.15) is 0 Å². The molecule has 0 aliphatic heterocycles. The fourth-order valence-corrected chi connectivity index (χ4v) is 1.96. The summed E-state index contributed by atoms with van der Waals surface area (Å²) < 4.78 is 5.31. The zero-order chi connectivity index (χ0) is 16.3. The Morgan fingerprint density at radius 2 is 1.91 bits per heavy atom. The third-order valence-electron chi connectivity index (χ3n) is 3.22. The van der Waals surface area contributed by atoms with Crippen LogP contribution in [0.2, 0.25) is 0 Å². The third kappa shape index (κ3) is 3.49. The number of carbonyl (C=O) groups is 2. The number of aryl methyl sites for hydroxylation is 1. The summed E-state index contributed by atoms with van der Waals surface area (Å²) in [5, 5.41) is 16.5. The zero-order valence-electron chi connectivity index (χ0n) is 12.6. The van der Waals surface area contributed by atoms with Crippen LogP contribution >= 0.6 is 0 Å². The van der Waals surface area contributed by atoms with Gasteiger partial charge in [-0.15, -0.1) is 10.2 Å². The molecule has 0 bridgehead atoms. The van der Waals surface area contributed by atoms with Crippen molar-refractivity contribution in [2.75, 3.05) is 13.6 Å². The Balaban J connectivity index is 2.09. The molecule has 1 atom stereocenters. The molecule has 0 radical (unpaired) electrons. The number of hydrogen-bond acceptors (Lipinski definition) is 5. The minimum atomic E-state index is -0.929. The molecule has 1 N–H and O–H groups in total. The molecule has 1 aromatic heterocycles. The second kappa shape index (κ2) is 6.38. The number of carboxylic acid groups (broad SMARTS) is 1. The smallest absolute Gasteiger partial charge is 0.308 e. The summed E-state index contributed by atoms with van der Waals surface area (Å²) in [5.74, 6) is -0.917. The highest BCUT2D eigenvalue weighted by Gasteiger charge is 2.18. The normalized spacial score (nSPS) is 12.0. The van der Waals surface area contributed by atoms with Crippen molar-refractivity contribution < 1.29 is 19.1 Å². The molecule has 2 aromatic rings. The number of aliphatic carboxylic acids is 1. The number of benzene rings is 1. The van der Waals surface area contributed by atoms with Crippen LogP contribution in [0.25, 0.3) is 11.5 Å². The van der Waals surface area contributed by atoms with E-state index in [0.29, 0.717) is 17.3 Å². The summed E-state index contributed by atoms with van der Waals surface area (Å²) in [5.41, 5.74) is 1.19. The maximum Gasteiger partial charge on any atom is 0.308 e. The van der Waals surface area contributed by atoms with Gasteiger partial charge in [-0.2, -0.15) is 0 Å². The van der Waals surface area contributed by atoms with Crippen molar-refractivity contribution in [3.63, 3.8) is 0 Å². The standard InChI is InChI=1S/C15H17N3O4/c1-9(15(20)21)8-18(3)14(19)12-6-4-11(5-7-12)13-17-16-10(2)22-13/h4-7,9H,8H2,1-3H3,(H,20,21). The predicted octanol–water partition coefficient (Wildman–Crippen LogP) is 1.84. The van der Waals surface area contributed by atoms with Crippen LogP contribution in [0.3, 0.4) is 0 Å². The van der Waals surface area contributed by atoms with E-state index in [1.54, 1.807) is 45.2 Å². The Bertz CT molecular complexity index is 678. The molecule has 1 aromatic carbocycles. The van der Waals surface area contributed by atoms with Crippen molar-refractivity contribution in [3.8, 4) is 11.5 Å². The first-order chi connectivity index (χ1) is 10.4. The van der Waals surface area contributed by atoms with Crippen molar-refractivity contribution in [1.82, 2.24) is 15.1 Å². The van der Waals surface area contributed by atoms with Gasteiger partial charge >= 0.3 is 5.97 Å². The molecule has 0 aliphatic rings. The van der Waals surface area contributed by atoms with Gasteiger partial charge in [0, 0.05) is 31.6 Å². The van der Waals surface area contributed by atoms with Crippen molar-refractivity contribution in [3.05, 3.63) is 35.7 Å². The summed E-state index contributed by atoms with van der Waals surface area (Å²) in [6.45, 7) is 3.42. The lowest BCUT2D eigenvalue weighted by Gasteiger charge is -2.19. The van der Waals surface area contributed by atoms with E-state index in [0.717, 1.165) is 5.56 Å². The Morgan fingerprint density at radius 1 is 1.27 bits per heavy atom. The highest BCUT2D eigenvalue weighted by atomic mass is 16.4. The summed E-state index contributed by atoms with van der Waals surface area (Å²) in [6.07, 6.45) is 0. The van der Waals surface area contributed by atoms with Gasteiger partial charge in [0.2, 0.25) is 11.8 Å². The Morgan fingerprint density at radius 3 is 2.41 bits per heavy atom. The molecule has 0 fully saturated rings. The molecular weight excluding hydrogens is 286 g/mol. The maximum absolute atomic E-state index is 12.2. The number of hydrogen-bond donors (Lipinski definition) is 1. The first-order valence-electron chi connectivity index (χ1n) is 6.77. The molecule has 1 unspecified atom stereocenters. The average Bonchev–Trinajstić information content (AvgIpc) is 2.93. The predicted molar refractivity (Wildman–Crippen MR) is 78.2 cm³/mol. The highest BCUT2D eigenvalue weighted by Crippen LogP contribution is 2.18. The van der Waals surface area contributed by atoms with Crippen molar-refractivity contribution in [2.45, 2.75) is 13.8 Å². The van der Waals surface area contributed by atoms with Gasteiger partial charge in [0.25, 0.3) is 5.91 Å². The number of carboxylic acids is 1. The second-order valence-corrected chi connectivity index (χ2v) is 5.13. The molecule has 0 saturated carbocycles. The van der Waals surface area contributed by atoms with E-state index in [2.05, 4.69) is 10.2 Å². The van der Waals surface area contributed by atoms with E-state index in [4.69, 9.17) is 9.52 Å². The van der Waals surface area contributed by atoms with Gasteiger partial charge in [-0.25, -0.2) is 0 Å². The number of nitrogens with zero attached hydrogens (tertiary/aromatic N) is 3. The minimum absolute atomic E-state index is 0.152. The van der Waals surface area contributed by atoms with Gasteiger partial charge in [-0.1, -0.05) is 6.92 Å². The van der Waals surface area contributed by atoms with Gasteiger partial charge in [-0.05, 0) is 24.3 Å². The van der Waals surface area contributed by atoms with Crippen LogP contribution in [0.5, 0.6) is 0 Å². The summed E-state index contributed by atoms with van der Waals surface area (Å²) in [6, 6.07) is 6.74. The first-order valence-corrected chi connectivity index (χ1v) is 6.77. The molecular formula is C15H17N3O4. The van der Waals surface area contributed by atoms with Gasteiger partial charge in [-0.3, -0.25) is 9.59 Å². The van der Waals surface area contributed by atoms with E-state index in [9.17, 15) is 9.59 Å². The van der Waals surface area contributed by atoms with Gasteiger partial charge in [0.15, 0.2) is 0 Å². The van der Waals surface area contributed by atoms with Crippen LogP contribution in [0, 0.1) is 12.8 Å². The maximum atomic E-state index is 12.2. The molecule has 0 saturated heterocycles. The van der Waals surface area contributed by atoms with E-state index in [1.165, 1.54) is 4.90 Å². The largest absolute Gasteiger partial charge is 0.481 e. The Kier molecular flexibility index (Phi) is 4.55. The van der Waals surface area contributed by atoms with Crippen LogP contribution in [0.1, 0.15) is 23.2 Å². The molecule has 7 heteroatoms. The molecule has 1 heterocycles. The van der Waals surface area contributed by atoms with E-state index in [-0.39, 0.29) is 12.5 Å². The van der Waals surface area contributed by atoms with Gasteiger partial charge < -0.3 is 14.4 Å². The van der Waals surface area contributed by atoms with Crippen molar-refractivity contribution >= 4 is 11.9 Å². The summed E-state index contributed by atoms with van der Waals surface area (Å²) in [7, 11) is 1.58. The van der Waals surface area contributed by atoms with Crippen LogP contribution in [0.4, 0.5) is 0 Å². The van der Waals surface area contributed by atoms with E-state index in [1.807, 2.05) is 0 Å². The van der Waals surface area contributed by atoms with E-state index >= 15 is 0 Å². The molecule has 7 nitrogen and oxygen atoms in total. The average molecular weight is 303 g/mol. The summed E-state index contributed by atoms with van der Waals surface area (Å²) >= 11 is 0. The summed E-state index contributed by atoms with van der Waals surface area (Å²) in [4.78, 5) is 24.5. The molecule has 0 spiro atoms. The third-order valence-corrected chi connectivity index (χ3v) is 3.22. The second-order valence-electron chi connectivity index (χ2n) is 5.13. The van der Waals surface area contributed by atoms with Crippen LogP contribution in [-0.2, 0) is 4.79 Å². The lowest BCUT2D eigenvalue weighted by atomic mass is 10.1. The van der Waals surface area contributed by atoms with Gasteiger partial charge in [0.05, 0.1) is 5.92 Å². The zero-order valence-corrected chi connectivity index (χ0v) is 12.6. The molecule has 2 rings (SSSR count). The van der Waals surface area contributed by atoms with E-state index < -0.39 is 11.9 Å². The quantitative estimate of drug-likeness (QED) is 0.905. The number of amides is 1. The lowest BCUT2D eigenvalue weighted by Crippen LogP contribution is -2.33. The molecule has 0 aliphatic carbocycles. The Labute approximate surface area is 127 Å². The van der Waals surface area contributed by atoms with Crippen LogP contribution in [0.15, 0.2) is 28.7 Å². The SMILES string of the molecule is Cc1nnc(-c2ccc(C(=O)N(C)CC(C)C(=O)O)cc2)o1. The monoisotopic (exact) mass is 303 g/mol.